The van der Waals surface area contributed by atoms with E-state index >= 15 is 0 Å². The molecule has 1 saturated heterocycles. The summed E-state index contributed by atoms with van der Waals surface area (Å²) in [5.74, 6) is 2.04. The largest absolute Gasteiger partial charge is 0.306 e. The lowest BCUT2D eigenvalue weighted by Crippen LogP contribution is -2.37. The molecule has 3 rings (SSSR count). The molecule has 0 atom stereocenters. The topological polar surface area (TPSA) is 34.0 Å². The van der Waals surface area contributed by atoms with Crippen molar-refractivity contribution >= 4 is 0 Å². The molecule has 1 aliphatic carbocycles. The minimum Gasteiger partial charge on any atom is -0.306 e. The first-order valence-corrected chi connectivity index (χ1v) is 7.46. The van der Waals surface area contributed by atoms with Crippen LogP contribution >= 0.6 is 0 Å². The van der Waals surface area contributed by atoms with Crippen LogP contribution in [0.1, 0.15) is 44.9 Å². The van der Waals surface area contributed by atoms with Crippen LogP contribution in [0.3, 0.4) is 0 Å². The first kappa shape index (κ1) is 12.2. The van der Waals surface area contributed by atoms with Gasteiger partial charge in [-0.25, -0.2) is 0 Å². The zero-order valence-corrected chi connectivity index (χ0v) is 11.2. The molecule has 0 unspecified atom stereocenters. The molecule has 4 nitrogen and oxygen atoms in total. The van der Waals surface area contributed by atoms with Gasteiger partial charge in [0.2, 0.25) is 0 Å². The van der Waals surface area contributed by atoms with Crippen LogP contribution in [-0.4, -0.2) is 32.8 Å². The Morgan fingerprint density at radius 3 is 2.11 bits per heavy atom. The van der Waals surface area contributed by atoms with Gasteiger partial charge in [-0.1, -0.05) is 32.1 Å². The number of aromatic nitrogens is 3. The first-order valence-electron chi connectivity index (χ1n) is 7.46. The number of rotatable bonds is 3. The summed E-state index contributed by atoms with van der Waals surface area (Å²) in [6.45, 7) is 3.46. The summed E-state index contributed by atoms with van der Waals surface area (Å²) in [5, 5.41) is 7.72. The van der Waals surface area contributed by atoms with E-state index in [-0.39, 0.29) is 0 Å². The summed E-state index contributed by atoms with van der Waals surface area (Å²) in [6.07, 6.45) is 13.8. The van der Waals surface area contributed by atoms with E-state index in [1.807, 2.05) is 12.7 Å². The highest BCUT2D eigenvalue weighted by atomic mass is 15.3. The monoisotopic (exact) mass is 248 g/mol. The van der Waals surface area contributed by atoms with Crippen LogP contribution in [0.2, 0.25) is 0 Å². The molecule has 0 radical (unpaired) electrons. The molecular formula is C14H24N4. The Balaban J connectivity index is 1.45. The Kier molecular flexibility index (Phi) is 3.93. The Bertz CT molecular complexity index is 335. The Morgan fingerprint density at radius 2 is 1.44 bits per heavy atom. The second-order valence-electron chi connectivity index (χ2n) is 5.97. The fourth-order valence-electron chi connectivity index (χ4n) is 3.70. The third-order valence-electron chi connectivity index (χ3n) is 4.78. The second kappa shape index (κ2) is 5.83. The van der Waals surface area contributed by atoms with Gasteiger partial charge in [0.1, 0.15) is 12.7 Å². The maximum Gasteiger partial charge on any atom is 0.120 e. The number of piperidine rings is 1. The molecule has 0 N–H and O–H groups in total. The van der Waals surface area contributed by atoms with Crippen LogP contribution < -0.4 is 0 Å². The molecule has 4 heteroatoms. The van der Waals surface area contributed by atoms with Gasteiger partial charge in [0, 0.05) is 13.1 Å². The number of hydrogen-bond donors (Lipinski definition) is 0. The molecule has 0 aromatic carbocycles. The lowest BCUT2D eigenvalue weighted by molar-refractivity contribution is 0.105. The maximum absolute atomic E-state index is 3.86. The van der Waals surface area contributed by atoms with Gasteiger partial charge in [0.05, 0.1) is 6.67 Å². The predicted molar refractivity (Wildman–Crippen MR) is 70.9 cm³/mol. The molecule has 1 aliphatic heterocycles. The number of hydrogen-bond acceptors (Lipinski definition) is 3. The molecule has 18 heavy (non-hydrogen) atoms. The summed E-state index contributed by atoms with van der Waals surface area (Å²) in [6, 6.07) is 0. The molecule has 2 fully saturated rings. The van der Waals surface area contributed by atoms with E-state index in [1.165, 1.54) is 58.0 Å². The van der Waals surface area contributed by atoms with Gasteiger partial charge >= 0.3 is 0 Å². The Hall–Kier alpha value is -0.900. The molecule has 100 valence electrons. The molecule has 0 spiro atoms. The fraction of sp³-hybridized carbons (Fsp3) is 0.857. The molecule has 0 bridgehead atoms. The van der Waals surface area contributed by atoms with E-state index in [4.69, 9.17) is 0 Å². The van der Waals surface area contributed by atoms with Crippen LogP contribution in [0.4, 0.5) is 0 Å². The van der Waals surface area contributed by atoms with E-state index in [2.05, 4.69) is 19.7 Å². The number of likely N-dealkylation sites (tertiary alicyclic amines) is 1. The summed E-state index contributed by atoms with van der Waals surface area (Å²) in [7, 11) is 0. The molecule has 0 amide bonds. The summed E-state index contributed by atoms with van der Waals surface area (Å²) < 4.78 is 2.07. The van der Waals surface area contributed by atoms with Crippen LogP contribution in [0.15, 0.2) is 12.7 Å². The molecule has 1 aromatic heterocycles. The standard InChI is InChI=1S/C14H24N4/c1-2-4-13(5-3-1)14-6-8-17(9-7-14)12-18-10-15-16-11-18/h10-11,13-14H,1-9,12H2. The van der Waals surface area contributed by atoms with Crippen LogP contribution in [0.5, 0.6) is 0 Å². The van der Waals surface area contributed by atoms with Crippen molar-refractivity contribution in [3.63, 3.8) is 0 Å². The van der Waals surface area contributed by atoms with Crippen LogP contribution in [0.25, 0.3) is 0 Å². The zero-order valence-electron chi connectivity index (χ0n) is 11.2. The molecule has 1 saturated carbocycles. The van der Waals surface area contributed by atoms with Gasteiger partial charge in [0.25, 0.3) is 0 Å². The van der Waals surface area contributed by atoms with Crippen molar-refractivity contribution in [2.75, 3.05) is 13.1 Å². The van der Waals surface area contributed by atoms with Crippen molar-refractivity contribution in [1.82, 2.24) is 19.7 Å². The van der Waals surface area contributed by atoms with Crippen LogP contribution in [-0.2, 0) is 6.67 Å². The quantitative estimate of drug-likeness (QED) is 0.824. The SMILES string of the molecule is c1nncn1CN1CCC(C2CCCCC2)CC1. The highest BCUT2D eigenvalue weighted by Crippen LogP contribution is 2.35. The highest BCUT2D eigenvalue weighted by Gasteiger charge is 2.27. The van der Waals surface area contributed by atoms with Gasteiger partial charge in [-0.2, -0.15) is 0 Å². The predicted octanol–water partition coefficient (Wildman–Crippen LogP) is 2.53. The average molecular weight is 248 g/mol. The third-order valence-corrected chi connectivity index (χ3v) is 4.78. The van der Waals surface area contributed by atoms with E-state index in [0.29, 0.717) is 0 Å². The van der Waals surface area contributed by atoms with E-state index in [0.717, 1.165) is 18.5 Å². The maximum atomic E-state index is 3.86. The van der Waals surface area contributed by atoms with Crippen molar-refractivity contribution in [3.8, 4) is 0 Å². The smallest absolute Gasteiger partial charge is 0.120 e. The summed E-state index contributed by atoms with van der Waals surface area (Å²) in [5.41, 5.74) is 0. The fourth-order valence-corrected chi connectivity index (χ4v) is 3.70. The lowest BCUT2D eigenvalue weighted by Gasteiger charge is -2.37. The average Bonchev–Trinajstić information content (AvgIpc) is 2.94. The normalized spacial score (nSPS) is 24.4. The van der Waals surface area contributed by atoms with Crippen molar-refractivity contribution in [2.45, 2.75) is 51.6 Å². The summed E-state index contributed by atoms with van der Waals surface area (Å²) in [4.78, 5) is 2.53. The van der Waals surface area contributed by atoms with E-state index in [1.54, 1.807) is 0 Å². The first-order chi connectivity index (χ1) is 8.92. The lowest BCUT2D eigenvalue weighted by atomic mass is 9.76. The van der Waals surface area contributed by atoms with Crippen molar-refractivity contribution in [1.29, 1.82) is 0 Å². The highest BCUT2D eigenvalue weighted by molar-refractivity contribution is 4.79. The number of nitrogens with zero attached hydrogens (tertiary/aromatic N) is 4. The van der Waals surface area contributed by atoms with Gasteiger partial charge < -0.3 is 4.57 Å². The summed E-state index contributed by atoms with van der Waals surface area (Å²) >= 11 is 0. The minimum atomic E-state index is 0.963. The molecule has 2 aliphatic rings. The molecule has 2 heterocycles. The second-order valence-corrected chi connectivity index (χ2v) is 5.97. The van der Waals surface area contributed by atoms with Gasteiger partial charge in [0.15, 0.2) is 0 Å². The molecular weight excluding hydrogens is 224 g/mol. The van der Waals surface area contributed by atoms with Crippen LogP contribution in [0, 0.1) is 11.8 Å². The Morgan fingerprint density at radius 1 is 0.833 bits per heavy atom. The van der Waals surface area contributed by atoms with Crippen molar-refractivity contribution in [3.05, 3.63) is 12.7 Å². The molecule has 1 aromatic rings. The van der Waals surface area contributed by atoms with Gasteiger partial charge in [-0.3, -0.25) is 4.90 Å². The Labute approximate surface area is 109 Å². The van der Waals surface area contributed by atoms with Gasteiger partial charge in [-0.15, -0.1) is 10.2 Å². The van der Waals surface area contributed by atoms with E-state index < -0.39 is 0 Å². The van der Waals surface area contributed by atoms with Gasteiger partial charge in [-0.05, 0) is 24.7 Å². The van der Waals surface area contributed by atoms with Crippen molar-refractivity contribution in [2.24, 2.45) is 11.8 Å². The third kappa shape index (κ3) is 2.91. The minimum absolute atomic E-state index is 0.963. The van der Waals surface area contributed by atoms with Crippen molar-refractivity contribution < 1.29 is 0 Å². The zero-order chi connectivity index (χ0) is 12.2. The van der Waals surface area contributed by atoms with E-state index in [9.17, 15) is 0 Å².